The van der Waals surface area contributed by atoms with Gasteiger partial charge >= 0.3 is 0 Å². The molecule has 114 valence electrons. The fourth-order valence-electron chi connectivity index (χ4n) is 2.82. The van der Waals surface area contributed by atoms with Crippen LogP contribution in [0.2, 0.25) is 0 Å². The van der Waals surface area contributed by atoms with Crippen LogP contribution in [0.1, 0.15) is 6.42 Å². The first kappa shape index (κ1) is 14.4. The van der Waals surface area contributed by atoms with Crippen molar-refractivity contribution < 1.29 is 9.59 Å². The molecular weight excluding hydrogens is 330 g/mol. The maximum absolute atomic E-state index is 12.7. The Balaban J connectivity index is 1.96. The minimum absolute atomic E-state index is 0.0854. The van der Waals surface area contributed by atoms with Crippen molar-refractivity contribution in [1.29, 1.82) is 0 Å². The Bertz CT molecular complexity index is 1040. The lowest BCUT2D eigenvalue weighted by Crippen LogP contribution is -2.30. The summed E-state index contributed by atoms with van der Waals surface area (Å²) < 4.78 is 1.75. The second-order valence-corrected chi connectivity index (χ2v) is 7.10. The summed E-state index contributed by atoms with van der Waals surface area (Å²) in [5.74, 6) is -0.624. The predicted molar refractivity (Wildman–Crippen MR) is 95.5 cm³/mol. The van der Waals surface area contributed by atoms with Crippen LogP contribution in [-0.2, 0) is 9.59 Å². The highest BCUT2D eigenvalue weighted by atomic mass is 32.1. The van der Waals surface area contributed by atoms with Crippen molar-refractivity contribution in [3.8, 4) is 0 Å². The van der Waals surface area contributed by atoms with Crippen LogP contribution in [-0.4, -0.2) is 17.1 Å². The van der Waals surface area contributed by atoms with Gasteiger partial charge in [-0.05, 0) is 30.3 Å². The molecule has 23 heavy (non-hydrogen) atoms. The number of nitrogens with zero attached hydrogens (tertiary/aromatic N) is 1. The van der Waals surface area contributed by atoms with Gasteiger partial charge in [0, 0.05) is 26.6 Å². The summed E-state index contributed by atoms with van der Waals surface area (Å²) in [4.78, 5) is 37.9. The van der Waals surface area contributed by atoms with Gasteiger partial charge in [-0.3, -0.25) is 14.4 Å². The van der Waals surface area contributed by atoms with Crippen molar-refractivity contribution in [1.82, 2.24) is 0 Å². The molecule has 2 aromatic carbocycles. The summed E-state index contributed by atoms with van der Waals surface area (Å²) in [6.07, 6.45) is 0.0879. The molecule has 0 radical (unpaired) electrons. The average Bonchev–Trinajstić information content (AvgIpc) is 2.80. The van der Waals surface area contributed by atoms with Gasteiger partial charge < -0.3 is 0 Å². The molecule has 4 nitrogen and oxygen atoms in total. The SMILES string of the molecule is O=C1C[C@@H](S)C(=O)N1c1ccc2sc3ccccc3c(=O)c2c1. The molecule has 1 fully saturated rings. The molecule has 6 heteroatoms. The third-order valence-electron chi connectivity index (χ3n) is 3.94. The van der Waals surface area contributed by atoms with E-state index in [1.54, 1.807) is 24.3 Å². The smallest absolute Gasteiger partial charge is 0.247 e. The van der Waals surface area contributed by atoms with Crippen molar-refractivity contribution >= 4 is 61.6 Å². The molecule has 2 amide bonds. The zero-order chi connectivity index (χ0) is 16.1. The summed E-state index contributed by atoms with van der Waals surface area (Å²) in [5.41, 5.74) is 0.348. The molecule has 1 atom stereocenters. The van der Waals surface area contributed by atoms with Crippen LogP contribution in [0.25, 0.3) is 20.2 Å². The van der Waals surface area contributed by atoms with Crippen LogP contribution in [0, 0.1) is 0 Å². The topological polar surface area (TPSA) is 54.5 Å². The lowest BCUT2D eigenvalue weighted by Gasteiger charge is -2.14. The molecule has 0 aliphatic carbocycles. The lowest BCUT2D eigenvalue weighted by atomic mass is 10.1. The fraction of sp³-hybridized carbons (Fsp3) is 0.118. The van der Waals surface area contributed by atoms with Gasteiger partial charge in [0.1, 0.15) is 0 Å². The van der Waals surface area contributed by atoms with Gasteiger partial charge in [0.25, 0.3) is 0 Å². The molecule has 0 unspecified atom stereocenters. The first-order valence-electron chi connectivity index (χ1n) is 7.07. The predicted octanol–water partition coefficient (Wildman–Crippen LogP) is 2.98. The monoisotopic (exact) mass is 341 g/mol. The van der Waals surface area contributed by atoms with E-state index in [1.807, 2.05) is 18.2 Å². The van der Waals surface area contributed by atoms with E-state index in [-0.39, 0.29) is 23.7 Å². The van der Waals surface area contributed by atoms with Crippen molar-refractivity contribution in [3.05, 3.63) is 52.7 Å². The molecule has 1 aromatic heterocycles. The second-order valence-electron chi connectivity index (χ2n) is 5.40. The molecule has 1 aliphatic rings. The highest BCUT2D eigenvalue weighted by Crippen LogP contribution is 2.30. The summed E-state index contributed by atoms with van der Waals surface area (Å²) in [5, 5.41) is 0.562. The Hall–Kier alpha value is -2.18. The van der Waals surface area contributed by atoms with Gasteiger partial charge in [0.05, 0.1) is 10.9 Å². The minimum Gasteiger partial charge on any atom is -0.289 e. The number of hydrogen-bond donors (Lipinski definition) is 1. The Morgan fingerprint density at radius 2 is 1.74 bits per heavy atom. The van der Waals surface area contributed by atoms with E-state index >= 15 is 0 Å². The van der Waals surface area contributed by atoms with E-state index < -0.39 is 5.25 Å². The van der Waals surface area contributed by atoms with Gasteiger partial charge in [-0.25, -0.2) is 4.90 Å². The van der Waals surface area contributed by atoms with Gasteiger partial charge in [-0.1, -0.05) is 12.1 Å². The summed E-state index contributed by atoms with van der Waals surface area (Å²) in [6.45, 7) is 0. The quantitative estimate of drug-likeness (QED) is 0.421. The zero-order valence-corrected chi connectivity index (χ0v) is 13.6. The molecule has 4 rings (SSSR count). The first-order chi connectivity index (χ1) is 11.1. The number of hydrogen-bond acceptors (Lipinski definition) is 5. The number of imide groups is 1. The summed E-state index contributed by atoms with van der Waals surface area (Å²) in [6, 6.07) is 12.5. The van der Waals surface area contributed by atoms with Crippen molar-refractivity contribution in [3.63, 3.8) is 0 Å². The number of thiol groups is 1. The Morgan fingerprint density at radius 3 is 2.48 bits per heavy atom. The van der Waals surface area contributed by atoms with E-state index in [0.29, 0.717) is 16.5 Å². The maximum atomic E-state index is 12.7. The van der Waals surface area contributed by atoms with Gasteiger partial charge in [0.15, 0.2) is 5.43 Å². The molecular formula is C17H11NO3S2. The van der Waals surface area contributed by atoms with E-state index in [1.165, 1.54) is 11.3 Å². The lowest BCUT2D eigenvalue weighted by molar-refractivity contribution is -0.121. The summed E-state index contributed by atoms with van der Waals surface area (Å²) in [7, 11) is 0. The maximum Gasteiger partial charge on any atom is 0.247 e. The molecule has 3 aromatic rings. The molecule has 0 N–H and O–H groups in total. The number of anilines is 1. The number of carbonyl (C=O) groups excluding carboxylic acids is 2. The van der Waals surface area contributed by atoms with Crippen molar-refractivity contribution in [2.75, 3.05) is 4.90 Å². The third-order valence-corrected chi connectivity index (χ3v) is 5.50. The Kier molecular flexibility index (Phi) is 3.25. The van der Waals surface area contributed by atoms with Crippen molar-refractivity contribution in [2.45, 2.75) is 11.7 Å². The number of benzene rings is 2. The zero-order valence-electron chi connectivity index (χ0n) is 11.9. The van der Waals surface area contributed by atoms with Crippen molar-refractivity contribution in [2.24, 2.45) is 0 Å². The largest absolute Gasteiger partial charge is 0.289 e. The van der Waals surface area contributed by atoms with E-state index in [9.17, 15) is 14.4 Å². The third kappa shape index (κ3) is 2.17. The van der Waals surface area contributed by atoms with Gasteiger partial charge in [-0.2, -0.15) is 12.6 Å². The highest BCUT2D eigenvalue weighted by molar-refractivity contribution is 7.82. The van der Waals surface area contributed by atoms with Gasteiger partial charge in [-0.15, -0.1) is 11.3 Å². The molecule has 0 spiro atoms. The van der Waals surface area contributed by atoms with Crippen LogP contribution in [0.4, 0.5) is 5.69 Å². The minimum atomic E-state index is -0.607. The number of rotatable bonds is 1. The van der Waals surface area contributed by atoms with Crippen LogP contribution in [0.5, 0.6) is 0 Å². The Morgan fingerprint density at radius 1 is 1.00 bits per heavy atom. The molecule has 2 heterocycles. The van der Waals surface area contributed by atoms with Crippen LogP contribution < -0.4 is 10.3 Å². The molecule has 0 bridgehead atoms. The van der Waals surface area contributed by atoms with Crippen LogP contribution in [0.3, 0.4) is 0 Å². The first-order valence-corrected chi connectivity index (χ1v) is 8.40. The van der Waals surface area contributed by atoms with E-state index in [4.69, 9.17) is 0 Å². The Labute approximate surface area is 140 Å². The average molecular weight is 341 g/mol. The highest BCUT2D eigenvalue weighted by Gasteiger charge is 2.37. The fourth-order valence-corrected chi connectivity index (χ4v) is 4.14. The van der Waals surface area contributed by atoms with Crippen LogP contribution >= 0.6 is 24.0 Å². The normalized spacial score (nSPS) is 18.3. The standard InChI is InChI=1S/C17H11NO3S2/c19-15-8-12(22)17(21)18(15)9-5-6-14-11(7-9)16(20)10-3-1-2-4-13(10)23-14/h1-7,12,22H,8H2/t12-/m1/s1. The number of amides is 2. The molecule has 0 saturated carbocycles. The second kappa shape index (κ2) is 5.18. The van der Waals surface area contributed by atoms with E-state index in [0.717, 1.165) is 14.3 Å². The molecule has 1 saturated heterocycles. The number of carbonyl (C=O) groups is 2. The van der Waals surface area contributed by atoms with Gasteiger partial charge in [0.2, 0.25) is 11.8 Å². The summed E-state index contributed by atoms with van der Waals surface area (Å²) >= 11 is 5.64. The van der Waals surface area contributed by atoms with E-state index in [2.05, 4.69) is 12.6 Å². The number of fused-ring (bicyclic) bond motifs is 2. The molecule has 1 aliphatic heterocycles. The van der Waals surface area contributed by atoms with Crippen LogP contribution in [0.15, 0.2) is 47.3 Å².